The third-order valence-electron chi connectivity index (χ3n) is 3.26. The van der Waals surface area contributed by atoms with Crippen LogP contribution in [0.15, 0.2) is 6.33 Å². The number of anilines is 1. The molecule has 0 radical (unpaired) electrons. The number of fused-ring (bicyclic) bond motifs is 1. The molecule has 1 fully saturated rings. The molecule has 0 bridgehead atoms. The largest absolute Gasteiger partial charge is 0.479 e. The van der Waals surface area contributed by atoms with Crippen molar-refractivity contribution in [2.45, 2.75) is 18.6 Å². The number of hydrogen-bond donors (Lipinski definition) is 2. The zero-order valence-corrected chi connectivity index (χ0v) is 10.5. The molecule has 1 aliphatic heterocycles. The van der Waals surface area contributed by atoms with Crippen molar-refractivity contribution in [1.82, 2.24) is 19.5 Å². The number of nitrogens with two attached hydrogens (primary N) is 1. The van der Waals surface area contributed by atoms with Crippen LogP contribution in [-0.2, 0) is 4.74 Å². The van der Waals surface area contributed by atoms with Gasteiger partial charge in [0.1, 0.15) is 0 Å². The third-order valence-corrected chi connectivity index (χ3v) is 3.26. The number of methoxy groups -OCH3 is 1. The minimum absolute atomic E-state index is 0.0174. The van der Waals surface area contributed by atoms with E-state index in [0.717, 1.165) is 0 Å². The van der Waals surface area contributed by atoms with E-state index in [1.165, 1.54) is 7.11 Å². The second-order valence-corrected chi connectivity index (χ2v) is 4.44. The fourth-order valence-electron chi connectivity index (χ4n) is 2.32. The zero-order chi connectivity index (χ0) is 13.4. The van der Waals surface area contributed by atoms with E-state index < -0.39 is 0 Å². The summed E-state index contributed by atoms with van der Waals surface area (Å²) in [6, 6.07) is 0.0844. The normalized spacial score (nSPS) is 23.1. The highest BCUT2D eigenvalue weighted by molar-refractivity contribution is 5.77. The lowest BCUT2D eigenvalue weighted by molar-refractivity contribution is 0.0576. The molecule has 102 valence electrons. The van der Waals surface area contributed by atoms with Gasteiger partial charge in [0.2, 0.25) is 11.8 Å². The molecular formula is C11H15N5O3. The average molecular weight is 265 g/mol. The number of imidazole rings is 1. The Morgan fingerprint density at radius 2 is 2.42 bits per heavy atom. The van der Waals surface area contributed by atoms with Crippen LogP contribution in [0.25, 0.3) is 11.2 Å². The summed E-state index contributed by atoms with van der Waals surface area (Å²) in [5.74, 6) is 0.502. The number of aromatic nitrogens is 4. The van der Waals surface area contributed by atoms with Gasteiger partial charge in [0.25, 0.3) is 0 Å². The van der Waals surface area contributed by atoms with E-state index in [1.807, 2.05) is 4.57 Å². The summed E-state index contributed by atoms with van der Waals surface area (Å²) in [5, 5.41) is 9.11. The predicted octanol–water partition coefficient (Wildman–Crippen LogP) is -0.261. The molecule has 3 rings (SSSR count). The number of ether oxygens (including phenoxy) is 2. The molecule has 0 aliphatic carbocycles. The molecule has 2 aromatic heterocycles. The highest BCUT2D eigenvalue weighted by atomic mass is 16.5. The lowest BCUT2D eigenvalue weighted by Gasteiger charge is -2.10. The van der Waals surface area contributed by atoms with E-state index in [9.17, 15) is 0 Å². The molecule has 2 aromatic rings. The van der Waals surface area contributed by atoms with Gasteiger partial charge in [0, 0.05) is 0 Å². The molecule has 3 heterocycles. The molecule has 0 spiro atoms. The molecule has 0 aromatic carbocycles. The summed E-state index contributed by atoms with van der Waals surface area (Å²) in [6.07, 6.45) is 2.26. The molecule has 0 unspecified atom stereocenters. The number of aliphatic hydroxyl groups excluding tert-OH is 1. The molecule has 8 heteroatoms. The Labute approximate surface area is 109 Å². The van der Waals surface area contributed by atoms with Crippen LogP contribution in [0.5, 0.6) is 5.88 Å². The summed E-state index contributed by atoms with van der Waals surface area (Å²) >= 11 is 0. The van der Waals surface area contributed by atoms with Crippen LogP contribution in [0.3, 0.4) is 0 Å². The zero-order valence-electron chi connectivity index (χ0n) is 10.5. The van der Waals surface area contributed by atoms with Crippen molar-refractivity contribution in [2.75, 3.05) is 26.1 Å². The maximum atomic E-state index is 9.11. The highest BCUT2D eigenvalue weighted by Crippen LogP contribution is 2.29. The molecule has 8 nitrogen and oxygen atoms in total. The van der Waals surface area contributed by atoms with E-state index >= 15 is 0 Å². The van der Waals surface area contributed by atoms with Crippen molar-refractivity contribution >= 4 is 17.1 Å². The van der Waals surface area contributed by atoms with Gasteiger partial charge in [-0.3, -0.25) is 0 Å². The fourth-order valence-corrected chi connectivity index (χ4v) is 2.32. The van der Waals surface area contributed by atoms with E-state index in [1.54, 1.807) is 6.33 Å². The second-order valence-electron chi connectivity index (χ2n) is 4.44. The van der Waals surface area contributed by atoms with Gasteiger partial charge in [-0.2, -0.15) is 9.97 Å². The first-order valence-corrected chi connectivity index (χ1v) is 5.99. The lowest BCUT2D eigenvalue weighted by atomic mass is 10.2. The first-order chi connectivity index (χ1) is 9.22. The molecule has 1 saturated heterocycles. The Bertz CT molecular complexity index is 599. The number of nitrogens with zero attached hydrogens (tertiary/aromatic N) is 4. The predicted molar refractivity (Wildman–Crippen MR) is 66.8 cm³/mol. The van der Waals surface area contributed by atoms with Gasteiger partial charge in [0.05, 0.1) is 38.8 Å². The second kappa shape index (κ2) is 4.63. The van der Waals surface area contributed by atoms with Crippen LogP contribution < -0.4 is 10.5 Å². The number of nitrogen functional groups attached to an aromatic ring is 1. The summed E-state index contributed by atoms with van der Waals surface area (Å²) in [5.41, 5.74) is 6.86. The first-order valence-electron chi connectivity index (χ1n) is 5.99. The van der Waals surface area contributed by atoms with Crippen molar-refractivity contribution in [3.8, 4) is 5.88 Å². The van der Waals surface area contributed by atoms with Gasteiger partial charge < -0.3 is 24.9 Å². The molecule has 19 heavy (non-hydrogen) atoms. The Balaban J connectivity index is 2.03. The van der Waals surface area contributed by atoms with E-state index in [-0.39, 0.29) is 24.7 Å². The summed E-state index contributed by atoms with van der Waals surface area (Å²) < 4.78 is 12.5. The van der Waals surface area contributed by atoms with Crippen LogP contribution >= 0.6 is 0 Å². The monoisotopic (exact) mass is 265 g/mol. The van der Waals surface area contributed by atoms with Crippen LogP contribution in [0.2, 0.25) is 0 Å². The first kappa shape index (κ1) is 12.1. The van der Waals surface area contributed by atoms with Crippen molar-refractivity contribution in [1.29, 1.82) is 0 Å². The third kappa shape index (κ3) is 1.98. The van der Waals surface area contributed by atoms with Crippen LogP contribution in [-0.4, -0.2) is 51.1 Å². The Kier molecular flexibility index (Phi) is 2.96. The minimum Gasteiger partial charge on any atom is -0.479 e. The quantitative estimate of drug-likeness (QED) is 0.786. The van der Waals surface area contributed by atoms with E-state index in [0.29, 0.717) is 30.1 Å². The maximum absolute atomic E-state index is 9.11. The molecule has 0 amide bonds. The summed E-state index contributed by atoms with van der Waals surface area (Å²) in [4.78, 5) is 12.5. The van der Waals surface area contributed by atoms with Gasteiger partial charge in [-0.15, -0.1) is 0 Å². The van der Waals surface area contributed by atoms with Gasteiger partial charge in [-0.25, -0.2) is 4.98 Å². The van der Waals surface area contributed by atoms with Crippen LogP contribution in [0.4, 0.5) is 5.95 Å². The summed E-state index contributed by atoms with van der Waals surface area (Å²) in [6.45, 7) is 0.534. The minimum atomic E-state index is -0.136. The van der Waals surface area contributed by atoms with E-state index in [2.05, 4.69) is 15.0 Å². The smallest absolute Gasteiger partial charge is 0.246 e. The Morgan fingerprint density at radius 3 is 3.11 bits per heavy atom. The summed E-state index contributed by atoms with van der Waals surface area (Å²) in [7, 11) is 1.51. The van der Waals surface area contributed by atoms with Gasteiger partial charge in [-0.05, 0) is 6.42 Å². The Hall–Kier alpha value is -1.93. The van der Waals surface area contributed by atoms with Crippen molar-refractivity contribution < 1.29 is 14.6 Å². The molecule has 1 aliphatic rings. The van der Waals surface area contributed by atoms with Crippen molar-refractivity contribution in [3.63, 3.8) is 0 Å². The topological polar surface area (TPSA) is 108 Å². The Morgan fingerprint density at radius 1 is 1.58 bits per heavy atom. The molecule has 3 N–H and O–H groups in total. The average Bonchev–Trinajstić information content (AvgIpc) is 3.03. The van der Waals surface area contributed by atoms with Crippen LogP contribution in [0, 0.1) is 0 Å². The SMILES string of the molecule is COc1nc(N)nc2c1ncn2[C@@H]1CO[C@H](CO)C1. The van der Waals surface area contributed by atoms with Crippen LogP contribution in [0.1, 0.15) is 12.5 Å². The number of aliphatic hydroxyl groups is 1. The maximum Gasteiger partial charge on any atom is 0.246 e. The van der Waals surface area contributed by atoms with Gasteiger partial charge in [0.15, 0.2) is 11.2 Å². The number of rotatable bonds is 3. The number of hydrogen-bond acceptors (Lipinski definition) is 7. The lowest BCUT2D eigenvalue weighted by Crippen LogP contribution is -2.12. The molecule has 0 saturated carbocycles. The standard InChI is InChI=1S/C11H15N5O3/c1-18-10-8-9(14-11(12)15-10)16(5-13-8)6-2-7(3-17)19-4-6/h5-7,17H,2-4H2,1H3,(H2,12,14,15)/t6-,7-/m0/s1. The molecular weight excluding hydrogens is 250 g/mol. The highest BCUT2D eigenvalue weighted by Gasteiger charge is 2.28. The van der Waals surface area contributed by atoms with Crippen molar-refractivity contribution in [2.24, 2.45) is 0 Å². The fraction of sp³-hybridized carbons (Fsp3) is 0.545. The molecule has 2 atom stereocenters. The van der Waals surface area contributed by atoms with Gasteiger partial charge in [-0.1, -0.05) is 0 Å². The van der Waals surface area contributed by atoms with Gasteiger partial charge >= 0.3 is 0 Å². The van der Waals surface area contributed by atoms with E-state index in [4.69, 9.17) is 20.3 Å². The van der Waals surface area contributed by atoms with Crippen molar-refractivity contribution in [3.05, 3.63) is 6.33 Å².